The second-order valence-electron chi connectivity index (χ2n) is 4.79. The van der Waals surface area contributed by atoms with E-state index in [0.717, 1.165) is 11.3 Å². The van der Waals surface area contributed by atoms with Gasteiger partial charge in [-0.1, -0.05) is 48.5 Å². The quantitative estimate of drug-likeness (QED) is 0.862. The van der Waals surface area contributed by atoms with Gasteiger partial charge < -0.3 is 10.4 Å². The average molecular weight is 255 g/mol. The molecule has 0 unspecified atom stereocenters. The SMILES string of the molecule is C[C@@](Cc1ccccc1)(Nc1ccccc1)C(=O)O. The van der Waals surface area contributed by atoms with Crippen LogP contribution in [0.5, 0.6) is 0 Å². The fraction of sp³-hybridized carbons (Fsp3) is 0.188. The predicted molar refractivity (Wildman–Crippen MR) is 76.3 cm³/mol. The highest BCUT2D eigenvalue weighted by Crippen LogP contribution is 2.20. The molecule has 3 nitrogen and oxygen atoms in total. The maximum atomic E-state index is 11.6. The fourth-order valence-electron chi connectivity index (χ4n) is 2.02. The number of carboxylic acids is 1. The molecule has 2 rings (SSSR count). The van der Waals surface area contributed by atoms with Gasteiger partial charge in [0.2, 0.25) is 0 Å². The zero-order valence-electron chi connectivity index (χ0n) is 10.8. The summed E-state index contributed by atoms with van der Waals surface area (Å²) in [5, 5.41) is 12.6. The predicted octanol–water partition coefficient (Wildman–Crippen LogP) is 3.18. The molecule has 0 aliphatic carbocycles. The minimum atomic E-state index is -1.03. The van der Waals surface area contributed by atoms with Crippen LogP contribution in [0.15, 0.2) is 60.7 Å². The smallest absolute Gasteiger partial charge is 0.329 e. The van der Waals surface area contributed by atoms with Crippen LogP contribution in [0, 0.1) is 0 Å². The van der Waals surface area contributed by atoms with E-state index in [1.807, 2.05) is 60.7 Å². The Balaban J connectivity index is 2.21. The first kappa shape index (κ1) is 13.1. The Labute approximate surface area is 112 Å². The minimum absolute atomic E-state index is 0.429. The summed E-state index contributed by atoms with van der Waals surface area (Å²) in [5.74, 6) is -0.861. The number of rotatable bonds is 5. The first-order valence-electron chi connectivity index (χ1n) is 6.21. The van der Waals surface area contributed by atoms with Crippen LogP contribution in [-0.4, -0.2) is 16.6 Å². The Kier molecular flexibility index (Phi) is 3.85. The molecular weight excluding hydrogens is 238 g/mol. The number of para-hydroxylation sites is 1. The van der Waals surface area contributed by atoms with E-state index in [9.17, 15) is 9.90 Å². The van der Waals surface area contributed by atoms with Crippen molar-refractivity contribution in [3.8, 4) is 0 Å². The lowest BCUT2D eigenvalue weighted by Crippen LogP contribution is -2.45. The lowest BCUT2D eigenvalue weighted by molar-refractivity contribution is -0.141. The fourth-order valence-corrected chi connectivity index (χ4v) is 2.02. The number of hydrogen-bond donors (Lipinski definition) is 2. The molecule has 0 amide bonds. The van der Waals surface area contributed by atoms with Crippen LogP contribution in [0.2, 0.25) is 0 Å². The number of benzene rings is 2. The molecule has 19 heavy (non-hydrogen) atoms. The van der Waals surface area contributed by atoms with E-state index < -0.39 is 11.5 Å². The Hall–Kier alpha value is -2.29. The molecule has 2 aromatic rings. The average Bonchev–Trinajstić information content (AvgIpc) is 2.40. The Morgan fingerprint density at radius 2 is 1.58 bits per heavy atom. The first-order valence-corrected chi connectivity index (χ1v) is 6.21. The van der Waals surface area contributed by atoms with E-state index in [4.69, 9.17) is 0 Å². The summed E-state index contributed by atoms with van der Waals surface area (Å²) in [5.41, 5.74) is 0.780. The zero-order valence-corrected chi connectivity index (χ0v) is 10.8. The molecule has 0 aliphatic heterocycles. The van der Waals surface area contributed by atoms with Crippen LogP contribution in [0.3, 0.4) is 0 Å². The number of aliphatic carboxylic acids is 1. The van der Waals surface area contributed by atoms with Crippen molar-refractivity contribution < 1.29 is 9.90 Å². The zero-order chi connectivity index (χ0) is 13.7. The van der Waals surface area contributed by atoms with Crippen LogP contribution in [0.4, 0.5) is 5.69 Å². The summed E-state index contributed by atoms with van der Waals surface area (Å²) < 4.78 is 0. The number of carbonyl (C=O) groups is 1. The van der Waals surface area contributed by atoms with E-state index in [0.29, 0.717) is 6.42 Å². The molecular formula is C16H17NO2. The van der Waals surface area contributed by atoms with Gasteiger partial charge in [-0.15, -0.1) is 0 Å². The Morgan fingerprint density at radius 1 is 1.05 bits per heavy atom. The van der Waals surface area contributed by atoms with Gasteiger partial charge in [-0.05, 0) is 24.6 Å². The van der Waals surface area contributed by atoms with Crippen molar-refractivity contribution in [1.82, 2.24) is 0 Å². The largest absolute Gasteiger partial charge is 0.480 e. The molecule has 2 aromatic carbocycles. The monoisotopic (exact) mass is 255 g/mol. The summed E-state index contributed by atoms with van der Waals surface area (Å²) in [6.45, 7) is 1.70. The van der Waals surface area contributed by atoms with Crippen molar-refractivity contribution in [1.29, 1.82) is 0 Å². The topological polar surface area (TPSA) is 49.3 Å². The molecule has 2 N–H and O–H groups in total. The van der Waals surface area contributed by atoms with Crippen LogP contribution in [-0.2, 0) is 11.2 Å². The second kappa shape index (κ2) is 5.57. The highest BCUT2D eigenvalue weighted by molar-refractivity contribution is 5.82. The normalized spacial score (nSPS) is 13.5. The van der Waals surface area contributed by atoms with E-state index in [-0.39, 0.29) is 0 Å². The van der Waals surface area contributed by atoms with Gasteiger partial charge in [0.25, 0.3) is 0 Å². The van der Waals surface area contributed by atoms with E-state index in [1.165, 1.54) is 0 Å². The van der Waals surface area contributed by atoms with Crippen LogP contribution in [0.25, 0.3) is 0 Å². The standard InChI is InChI=1S/C16H17NO2/c1-16(15(18)19,12-13-8-4-2-5-9-13)17-14-10-6-3-7-11-14/h2-11,17H,12H2,1H3,(H,18,19)/t16-/m0/s1. The number of hydrogen-bond acceptors (Lipinski definition) is 2. The second-order valence-corrected chi connectivity index (χ2v) is 4.79. The van der Waals surface area contributed by atoms with Crippen molar-refractivity contribution in [3.05, 3.63) is 66.2 Å². The molecule has 0 saturated carbocycles. The highest BCUT2D eigenvalue weighted by atomic mass is 16.4. The third-order valence-electron chi connectivity index (χ3n) is 3.07. The Morgan fingerprint density at radius 3 is 2.11 bits per heavy atom. The van der Waals surface area contributed by atoms with Crippen molar-refractivity contribution in [2.75, 3.05) is 5.32 Å². The maximum Gasteiger partial charge on any atom is 0.329 e. The molecule has 98 valence electrons. The first-order chi connectivity index (χ1) is 9.10. The minimum Gasteiger partial charge on any atom is -0.480 e. The van der Waals surface area contributed by atoms with Gasteiger partial charge in [0.15, 0.2) is 0 Å². The van der Waals surface area contributed by atoms with Crippen molar-refractivity contribution >= 4 is 11.7 Å². The molecule has 0 aromatic heterocycles. The summed E-state index contributed by atoms with van der Waals surface area (Å²) >= 11 is 0. The molecule has 0 radical (unpaired) electrons. The summed E-state index contributed by atoms with van der Waals surface area (Å²) in [6.07, 6.45) is 0.429. The molecule has 0 spiro atoms. The maximum absolute atomic E-state index is 11.6. The van der Waals surface area contributed by atoms with Crippen LogP contribution >= 0.6 is 0 Å². The van der Waals surface area contributed by atoms with E-state index in [2.05, 4.69) is 5.32 Å². The van der Waals surface area contributed by atoms with Gasteiger partial charge in [0, 0.05) is 12.1 Å². The van der Waals surface area contributed by atoms with Gasteiger partial charge in [0.1, 0.15) is 5.54 Å². The molecule has 0 saturated heterocycles. The molecule has 0 bridgehead atoms. The van der Waals surface area contributed by atoms with Crippen molar-refractivity contribution in [2.45, 2.75) is 18.9 Å². The van der Waals surface area contributed by atoms with E-state index in [1.54, 1.807) is 6.92 Å². The van der Waals surface area contributed by atoms with Crippen molar-refractivity contribution in [3.63, 3.8) is 0 Å². The highest BCUT2D eigenvalue weighted by Gasteiger charge is 2.33. The van der Waals surface area contributed by atoms with Gasteiger partial charge in [-0.2, -0.15) is 0 Å². The molecule has 1 atom stereocenters. The Bertz CT molecular complexity index is 496. The van der Waals surface area contributed by atoms with Crippen LogP contribution in [0.1, 0.15) is 12.5 Å². The van der Waals surface area contributed by atoms with Gasteiger partial charge in [0.05, 0.1) is 0 Å². The van der Waals surface area contributed by atoms with Gasteiger partial charge in [-0.3, -0.25) is 0 Å². The van der Waals surface area contributed by atoms with Crippen LogP contribution < -0.4 is 5.32 Å². The summed E-state index contributed by atoms with van der Waals surface area (Å²) in [7, 11) is 0. The third-order valence-corrected chi connectivity index (χ3v) is 3.07. The molecule has 0 heterocycles. The lowest BCUT2D eigenvalue weighted by Gasteiger charge is -2.27. The van der Waals surface area contributed by atoms with E-state index >= 15 is 0 Å². The van der Waals surface area contributed by atoms with Crippen molar-refractivity contribution in [2.24, 2.45) is 0 Å². The summed E-state index contributed by atoms with van der Waals surface area (Å²) in [6, 6.07) is 19.0. The number of nitrogens with one attached hydrogen (secondary N) is 1. The molecule has 0 aliphatic rings. The molecule has 3 heteroatoms. The third kappa shape index (κ3) is 3.35. The van der Waals surface area contributed by atoms with Gasteiger partial charge in [-0.25, -0.2) is 4.79 Å². The number of anilines is 1. The summed E-state index contributed by atoms with van der Waals surface area (Å²) in [4.78, 5) is 11.6. The van der Waals surface area contributed by atoms with Gasteiger partial charge >= 0.3 is 5.97 Å². The number of carboxylic acid groups (broad SMARTS) is 1. The molecule has 0 fully saturated rings. The lowest BCUT2D eigenvalue weighted by atomic mass is 9.92.